The summed E-state index contributed by atoms with van der Waals surface area (Å²) in [5, 5.41) is 27.6. The van der Waals surface area contributed by atoms with Gasteiger partial charge in [-0.05, 0) is 56.7 Å². The molecule has 3 fully saturated rings. The minimum atomic E-state index is -0.968. The van der Waals surface area contributed by atoms with Gasteiger partial charge >= 0.3 is 0 Å². The van der Waals surface area contributed by atoms with E-state index in [0.29, 0.717) is 11.7 Å². The fraction of sp³-hybridized carbons (Fsp3) is 0.619. The van der Waals surface area contributed by atoms with Crippen LogP contribution in [0, 0.1) is 5.92 Å². The number of anilines is 1. The van der Waals surface area contributed by atoms with Crippen LogP contribution in [0.5, 0.6) is 0 Å². The third-order valence-corrected chi connectivity index (χ3v) is 6.71. The molecule has 158 valence electrons. The Morgan fingerprint density at radius 1 is 1.17 bits per heavy atom. The Hall–Kier alpha value is -1.74. The Morgan fingerprint density at radius 2 is 1.90 bits per heavy atom. The summed E-state index contributed by atoms with van der Waals surface area (Å²) in [5.41, 5.74) is 0.882. The summed E-state index contributed by atoms with van der Waals surface area (Å²) in [6.45, 7) is 3.62. The van der Waals surface area contributed by atoms with Gasteiger partial charge in [0, 0.05) is 18.8 Å². The van der Waals surface area contributed by atoms with Crippen molar-refractivity contribution in [3.05, 3.63) is 30.3 Å². The first-order valence-corrected chi connectivity index (χ1v) is 11.0. The summed E-state index contributed by atoms with van der Waals surface area (Å²) in [5.74, 6) is -0.552. The van der Waals surface area contributed by atoms with Crippen LogP contribution < -0.4 is 15.5 Å². The van der Waals surface area contributed by atoms with Crippen molar-refractivity contribution < 1.29 is 15.0 Å². The molecule has 3 aliphatic rings. The Bertz CT molecular complexity index is 728. The maximum absolute atomic E-state index is 13.1. The van der Waals surface area contributed by atoms with E-state index in [1.54, 1.807) is 0 Å². The molecule has 5 atom stereocenters. The number of hydrogen-bond acceptors (Lipinski definition) is 5. The van der Waals surface area contributed by atoms with Crippen LogP contribution in [0.2, 0.25) is 0 Å². The highest BCUT2D eigenvalue weighted by Crippen LogP contribution is 2.36. The van der Waals surface area contributed by atoms with Crippen LogP contribution in [0.4, 0.5) is 5.69 Å². The Kier molecular flexibility index (Phi) is 6.34. The number of hydrogen-bond donors (Lipinski definition) is 4. The minimum Gasteiger partial charge on any atom is -0.390 e. The zero-order chi connectivity index (χ0) is 20.4. The van der Waals surface area contributed by atoms with E-state index < -0.39 is 24.2 Å². The van der Waals surface area contributed by atoms with Crippen molar-refractivity contribution in [3.63, 3.8) is 0 Å². The molecule has 1 saturated carbocycles. The summed E-state index contributed by atoms with van der Waals surface area (Å²) in [7, 11) is 0. The van der Waals surface area contributed by atoms with Crippen molar-refractivity contribution in [2.45, 2.75) is 50.0 Å². The molecule has 0 radical (unpaired) electrons. The molecule has 7 nitrogen and oxygen atoms in total. The molecule has 1 amide bonds. The zero-order valence-corrected chi connectivity index (χ0v) is 17.4. The first-order valence-electron chi connectivity index (χ1n) is 10.6. The predicted molar refractivity (Wildman–Crippen MR) is 116 cm³/mol. The maximum atomic E-state index is 13.1. The monoisotopic (exact) mass is 418 g/mol. The molecule has 4 N–H and O–H groups in total. The maximum Gasteiger partial charge on any atom is 0.225 e. The molecule has 4 rings (SSSR count). The van der Waals surface area contributed by atoms with Gasteiger partial charge in [0.25, 0.3) is 0 Å². The molecular weight excluding hydrogens is 388 g/mol. The standard InChI is InChI=1S/C21H30N4O3S/c26-16-13-15(20(28)22-9-12-24-10-5-2-6-11-24)18-17(19(16)27)23-21(29)25(18)14-7-3-1-4-8-14/h1,3-4,7-8,15-19,26-27H,2,5-6,9-13H2,(H,22,28)(H,23,29)/t15-,16-,17-,18-,19+/m1/s1. The van der Waals surface area contributed by atoms with Crippen LogP contribution in [-0.2, 0) is 4.79 Å². The molecule has 2 aliphatic heterocycles. The number of likely N-dealkylation sites (tertiary alicyclic amines) is 1. The van der Waals surface area contributed by atoms with Crippen molar-refractivity contribution in [2.75, 3.05) is 31.1 Å². The largest absolute Gasteiger partial charge is 0.390 e. The van der Waals surface area contributed by atoms with Crippen LogP contribution in [0.3, 0.4) is 0 Å². The number of benzene rings is 1. The van der Waals surface area contributed by atoms with Crippen molar-refractivity contribution in [2.24, 2.45) is 5.92 Å². The molecule has 0 bridgehead atoms. The van der Waals surface area contributed by atoms with E-state index in [1.165, 1.54) is 19.3 Å². The number of rotatable bonds is 5. The second-order valence-corrected chi connectivity index (χ2v) is 8.65. The molecule has 1 aromatic carbocycles. The molecule has 2 heterocycles. The number of para-hydroxylation sites is 1. The number of aliphatic hydroxyl groups excluding tert-OH is 2. The van der Waals surface area contributed by atoms with Gasteiger partial charge in [0.2, 0.25) is 5.91 Å². The summed E-state index contributed by atoms with van der Waals surface area (Å²) in [6, 6.07) is 8.85. The summed E-state index contributed by atoms with van der Waals surface area (Å²) >= 11 is 5.52. The fourth-order valence-corrected chi connectivity index (χ4v) is 5.24. The molecule has 1 aromatic rings. The molecular formula is C21H30N4O3S. The van der Waals surface area contributed by atoms with Crippen LogP contribution in [-0.4, -0.2) is 76.6 Å². The van der Waals surface area contributed by atoms with Gasteiger partial charge in [-0.1, -0.05) is 24.6 Å². The Balaban J connectivity index is 1.48. The summed E-state index contributed by atoms with van der Waals surface area (Å²) < 4.78 is 0. The van der Waals surface area contributed by atoms with E-state index in [4.69, 9.17) is 12.2 Å². The van der Waals surface area contributed by atoms with Crippen LogP contribution >= 0.6 is 12.2 Å². The van der Waals surface area contributed by atoms with Crippen LogP contribution in [0.25, 0.3) is 0 Å². The molecule has 0 unspecified atom stereocenters. The first-order chi connectivity index (χ1) is 14.1. The van der Waals surface area contributed by atoms with E-state index in [9.17, 15) is 15.0 Å². The SMILES string of the molecule is O=C(NCCN1CCCCC1)[C@@H]1C[C@@H](O)[C@H](O)[C@@H]2NC(=S)N(c3ccccc3)[C@@H]21. The number of carbonyl (C=O) groups is 1. The van der Waals surface area contributed by atoms with Gasteiger partial charge in [-0.3, -0.25) is 4.79 Å². The normalized spacial score (nSPS) is 32.6. The molecule has 29 heavy (non-hydrogen) atoms. The van der Waals surface area contributed by atoms with Gasteiger partial charge in [0.05, 0.1) is 24.1 Å². The lowest BCUT2D eigenvalue weighted by molar-refractivity contribution is -0.131. The van der Waals surface area contributed by atoms with Gasteiger partial charge in [0.15, 0.2) is 5.11 Å². The van der Waals surface area contributed by atoms with Gasteiger partial charge in [0.1, 0.15) is 6.10 Å². The highest BCUT2D eigenvalue weighted by Gasteiger charge is 2.53. The van der Waals surface area contributed by atoms with Crippen molar-refractivity contribution >= 4 is 28.9 Å². The Labute approximate surface area is 177 Å². The number of nitrogens with zero attached hydrogens (tertiary/aromatic N) is 2. The number of thiocarbonyl (C=S) groups is 1. The average molecular weight is 419 g/mol. The molecule has 0 spiro atoms. The second-order valence-electron chi connectivity index (χ2n) is 8.26. The van der Waals surface area contributed by atoms with E-state index in [-0.39, 0.29) is 18.4 Å². The highest BCUT2D eigenvalue weighted by atomic mass is 32.1. The molecule has 2 saturated heterocycles. The quantitative estimate of drug-likeness (QED) is 0.517. The number of nitrogens with one attached hydrogen (secondary N) is 2. The van der Waals surface area contributed by atoms with E-state index in [0.717, 1.165) is 25.3 Å². The van der Waals surface area contributed by atoms with Gasteiger partial charge in [-0.15, -0.1) is 0 Å². The third-order valence-electron chi connectivity index (χ3n) is 6.39. The van der Waals surface area contributed by atoms with Crippen LogP contribution in [0.1, 0.15) is 25.7 Å². The molecule has 1 aliphatic carbocycles. The van der Waals surface area contributed by atoms with Crippen LogP contribution in [0.15, 0.2) is 30.3 Å². The second kappa shape index (κ2) is 8.95. The minimum absolute atomic E-state index is 0.0876. The fourth-order valence-electron chi connectivity index (χ4n) is 4.88. The van der Waals surface area contributed by atoms with Gasteiger partial charge in [-0.25, -0.2) is 0 Å². The lowest BCUT2D eigenvalue weighted by Crippen LogP contribution is -2.61. The van der Waals surface area contributed by atoms with Crippen molar-refractivity contribution in [3.8, 4) is 0 Å². The van der Waals surface area contributed by atoms with Crippen molar-refractivity contribution in [1.29, 1.82) is 0 Å². The summed E-state index contributed by atoms with van der Waals surface area (Å²) in [4.78, 5) is 17.4. The number of fused-ring (bicyclic) bond motifs is 1. The first kappa shape index (κ1) is 20.5. The number of carbonyl (C=O) groups excluding carboxylic acids is 1. The molecule has 8 heteroatoms. The lowest BCUT2D eigenvalue weighted by Gasteiger charge is -2.41. The van der Waals surface area contributed by atoms with E-state index in [2.05, 4.69) is 15.5 Å². The van der Waals surface area contributed by atoms with Gasteiger partial charge < -0.3 is 30.6 Å². The Morgan fingerprint density at radius 3 is 2.62 bits per heavy atom. The lowest BCUT2D eigenvalue weighted by atomic mass is 9.77. The smallest absolute Gasteiger partial charge is 0.225 e. The van der Waals surface area contributed by atoms with E-state index >= 15 is 0 Å². The third kappa shape index (κ3) is 4.26. The summed E-state index contributed by atoms with van der Waals surface area (Å²) in [6.07, 6.45) is 2.02. The predicted octanol–water partition coefficient (Wildman–Crippen LogP) is 0.462. The number of amides is 1. The van der Waals surface area contributed by atoms with Crippen molar-refractivity contribution in [1.82, 2.24) is 15.5 Å². The highest BCUT2D eigenvalue weighted by molar-refractivity contribution is 7.80. The zero-order valence-electron chi connectivity index (χ0n) is 16.5. The molecule has 0 aromatic heterocycles. The van der Waals surface area contributed by atoms with Gasteiger partial charge in [-0.2, -0.15) is 0 Å². The average Bonchev–Trinajstić information content (AvgIpc) is 3.09. The topological polar surface area (TPSA) is 88.1 Å². The number of piperidine rings is 1. The number of aliphatic hydroxyl groups is 2. The van der Waals surface area contributed by atoms with E-state index in [1.807, 2.05) is 35.2 Å².